The molecule has 45 heavy (non-hydrogen) atoms. The molecule has 17 heteroatoms. The molecule has 0 N–H and O–H groups in total. The fourth-order valence-electron chi connectivity index (χ4n) is 5.42. The number of carbonyl (C=O) groups excluding carboxylic acids is 1. The number of methoxy groups -OCH3 is 1. The molecule has 1 saturated heterocycles. The molecule has 2 aromatic carbocycles. The second-order valence-corrected chi connectivity index (χ2v) is 10.8. The van der Waals surface area contributed by atoms with E-state index in [2.05, 4.69) is 15.4 Å². The minimum Gasteiger partial charge on any atom is -0.376 e. The number of carbonyl (C=O) groups is 1. The molecule has 0 saturated carbocycles. The second kappa shape index (κ2) is 12.8. The lowest BCUT2D eigenvalue weighted by Gasteiger charge is -2.36. The highest BCUT2D eigenvalue weighted by molar-refractivity contribution is 5.73. The Morgan fingerprint density at radius 3 is 1.96 bits per heavy atom. The topological polar surface area (TPSA) is 76.4 Å². The van der Waals surface area contributed by atoms with E-state index in [9.17, 15) is 44.3 Å². The van der Waals surface area contributed by atoms with E-state index < -0.39 is 60.0 Å². The number of anilines is 1. The number of likely N-dealkylation sites (tertiary alicyclic amines) is 1. The second-order valence-electron chi connectivity index (χ2n) is 10.8. The summed E-state index contributed by atoms with van der Waals surface area (Å²) in [7, 11) is 2.75. The fraction of sp³-hybridized carbons (Fsp3) is 0.500. The van der Waals surface area contributed by atoms with E-state index in [0.717, 1.165) is 21.8 Å². The smallest absolute Gasteiger partial charge is 0.376 e. The zero-order chi connectivity index (χ0) is 33.3. The summed E-state index contributed by atoms with van der Waals surface area (Å²) in [4.78, 5) is 15.6. The highest BCUT2D eigenvalue weighted by atomic mass is 19.4. The van der Waals surface area contributed by atoms with Crippen LogP contribution in [0.3, 0.4) is 0 Å². The molecule has 8 nitrogen and oxygen atoms in total. The number of tetrazole rings is 1. The molecule has 1 unspecified atom stereocenters. The molecule has 0 bridgehead atoms. The number of hydrogen-bond acceptors (Lipinski definition) is 6. The van der Waals surface area contributed by atoms with Gasteiger partial charge >= 0.3 is 18.5 Å². The molecule has 2 heterocycles. The molecule has 3 aromatic rings. The average Bonchev–Trinajstić information content (AvgIpc) is 3.38. The van der Waals surface area contributed by atoms with E-state index in [1.165, 1.54) is 27.1 Å². The number of hydrogen-bond donors (Lipinski definition) is 0. The van der Waals surface area contributed by atoms with Crippen molar-refractivity contribution in [3.05, 3.63) is 69.8 Å². The van der Waals surface area contributed by atoms with Crippen molar-refractivity contribution in [1.29, 1.82) is 0 Å². The van der Waals surface area contributed by atoms with Crippen LogP contribution in [0.4, 0.5) is 45.5 Å². The van der Waals surface area contributed by atoms with Gasteiger partial charge in [0.05, 0.1) is 29.8 Å². The Morgan fingerprint density at radius 2 is 1.49 bits per heavy atom. The first-order chi connectivity index (χ1) is 20.9. The summed E-state index contributed by atoms with van der Waals surface area (Å²) in [6.07, 6.45) is -14.7. The highest BCUT2D eigenvalue weighted by Crippen LogP contribution is 2.40. The van der Waals surface area contributed by atoms with Gasteiger partial charge in [0.1, 0.15) is 0 Å². The van der Waals surface area contributed by atoms with Crippen LogP contribution in [0.1, 0.15) is 59.3 Å². The fourth-order valence-corrected chi connectivity index (χ4v) is 5.42. The van der Waals surface area contributed by atoms with Crippen LogP contribution in [-0.4, -0.2) is 51.2 Å². The van der Waals surface area contributed by atoms with Crippen molar-refractivity contribution >= 4 is 11.9 Å². The van der Waals surface area contributed by atoms with Gasteiger partial charge in [-0.3, -0.25) is 4.79 Å². The van der Waals surface area contributed by atoms with Crippen LogP contribution in [0.2, 0.25) is 0 Å². The van der Waals surface area contributed by atoms with Crippen molar-refractivity contribution in [2.24, 2.45) is 13.0 Å². The van der Waals surface area contributed by atoms with Gasteiger partial charge in [0.25, 0.3) is 5.95 Å². The van der Waals surface area contributed by atoms with E-state index in [1.54, 1.807) is 4.90 Å². The molecular formula is C28H29F9N6O2. The Labute approximate surface area is 251 Å². The lowest BCUT2D eigenvalue weighted by atomic mass is 9.84. The zero-order valence-electron chi connectivity index (χ0n) is 24.3. The number of nitrogens with zero attached hydrogens (tertiary/aromatic N) is 6. The molecular weight excluding hydrogens is 623 g/mol. The van der Waals surface area contributed by atoms with Gasteiger partial charge in [-0.15, -0.1) is 5.10 Å². The first-order valence-corrected chi connectivity index (χ1v) is 13.6. The monoisotopic (exact) mass is 652 g/mol. The largest absolute Gasteiger partial charge is 0.416 e. The number of ether oxygens (including phenoxy) is 1. The molecule has 0 spiro atoms. The van der Waals surface area contributed by atoms with Gasteiger partial charge in [0, 0.05) is 40.2 Å². The minimum absolute atomic E-state index is 0.0140. The van der Waals surface area contributed by atoms with Crippen LogP contribution in [0.5, 0.6) is 0 Å². The lowest BCUT2D eigenvalue weighted by molar-refractivity contribution is -0.143. The van der Waals surface area contributed by atoms with Crippen LogP contribution in [0.15, 0.2) is 36.4 Å². The number of amides is 1. The van der Waals surface area contributed by atoms with Gasteiger partial charge in [0.15, 0.2) is 0 Å². The maximum atomic E-state index is 13.8. The Kier molecular flexibility index (Phi) is 9.70. The number of benzene rings is 2. The summed E-state index contributed by atoms with van der Waals surface area (Å²) in [6, 6.07) is 4.04. The predicted molar refractivity (Wildman–Crippen MR) is 141 cm³/mol. The van der Waals surface area contributed by atoms with Crippen LogP contribution in [-0.2, 0) is 48.2 Å². The van der Waals surface area contributed by atoms with Gasteiger partial charge in [-0.05, 0) is 71.0 Å². The normalized spacial score (nSPS) is 15.8. The summed E-state index contributed by atoms with van der Waals surface area (Å²) in [5.41, 5.74) is -4.17. The molecule has 1 aliphatic rings. The van der Waals surface area contributed by atoms with Crippen molar-refractivity contribution in [3.8, 4) is 0 Å². The summed E-state index contributed by atoms with van der Waals surface area (Å²) < 4.78 is 129. The molecule has 0 radical (unpaired) electrons. The molecule has 1 atom stereocenters. The number of aromatic nitrogens is 4. The summed E-state index contributed by atoms with van der Waals surface area (Å²) in [6.45, 7) is 1.15. The van der Waals surface area contributed by atoms with E-state index in [-0.39, 0.29) is 29.4 Å². The molecule has 246 valence electrons. The van der Waals surface area contributed by atoms with Crippen molar-refractivity contribution in [2.45, 2.75) is 57.5 Å². The van der Waals surface area contributed by atoms with Crippen molar-refractivity contribution in [3.63, 3.8) is 0 Å². The van der Waals surface area contributed by atoms with Gasteiger partial charge in [-0.1, -0.05) is 11.2 Å². The lowest BCUT2D eigenvalue weighted by Crippen LogP contribution is -2.39. The van der Waals surface area contributed by atoms with Crippen LogP contribution < -0.4 is 4.90 Å². The highest BCUT2D eigenvalue weighted by Gasteiger charge is 2.38. The Morgan fingerprint density at radius 1 is 0.911 bits per heavy atom. The van der Waals surface area contributed by atoms with E-state index in [4.69, 9.17) is 4.74 Å². The van der Waals surface area contributed by atoms with Crippen LogP contribution in [0, 0.1) is 5.92 Å². The van der Waals surface area contributed by atoms with Crippen molar-refractivity contribution in [2.75, 3.05) is 25.1 Å². The molecule has 1 fully saturated rings. The van der Waals surface area contributed by atoms with Crippen LogP contribution in [0.25, 0.3) is 0 Å². The average molecular weight is 653 g/mol. The van der Waals surface area contributed by atoms with Gasteiger partial charge in [-0.25, -0.2) is 0 Å². The number of piperidine rings is 1. The first kappa shape index (κ1) is 34.0. The van der Waals surface area contributed by atoms with Gasteiger partial charge in [-0.2, -0.15) is 44.3 Å². The Balaban J connectivity index is 1.79. The third-order valence-electron chi connectivity index (χ3n) is 7.61. The van der Waals surface area contributed by atoms with E-state index in [1.807, 2.05) is 0 Å². The van der Waals surface area contributed by atoms with Crippen molar-refractivity contribution < 1.29 is 49.0 Å². The molecule has 0 aliphatic carbocycles. The first-order valence-electron chi connectivity index (χ1n) is 13.6. The Bertz CT molecular complexity index is 1460. The number of halogens is 9. The van der Waals surface area contributed by atoms with Gasteiger partial charge in [0.2, 0.25) is 5.91 Å². The predicted octanol–water partition coefficient (Wildman–Crippen LogP) is 6.42. The van der Waals surface area contributed by atoms with E-state index in [0.29, 0.717) is 43.6 Å². The number of rotatable bonds is 8. The number of alkyl halides is 9. The third-order valence-corrected chi connectivity index (χ3v) is 7.61. The Hall–Kier alpha value is -3.89. The third kappa shape index (κ3) is 8.23. The quantitative estimate of drug-likeness (QED) is 0.262. The van der Waals surface area contributed by atoms with Gasteiger partial charge < -0.3 is 14.5 Å². The van der Waals surface area contributed by atoms with Crippen molar-refractivity contribution in [1.82, 2.24) is 25.1 Å². The maximum Gasteiger partial charge on any atom is 0.416 e. The standard InChI is InChI=1S/C28H29F9N6O2/c1-16(44)42-8-6-18(7-9-42)24(45-3)23-5-4-20(26(29,30)31)12-19(23)15-43(25-38-40-41(2)39-25)14-17-10-21(27(32,33)34)13-22(11-17)28(35,36)37/h4-5,10-13,18,24H,6-9,14-15H2,1-3H3. The minimum atomic E-state index is -5.11. The SMILES string of the molecule is COC(c1ccc(C(F)(F)F)cc1CN(Cc1cc(C(F)(F)F)cc(C(F)(F)F)c1)c1nnn(C)n1)C1CCN(C(C)=O)CC1. The van der Waals surface area contributed by atoms with E-state index >= 15 is 0 Å². The zero-order valence-corrected chi connectivity index (χ0v) is 24.3. The molecule has 1 aromatic heterocycles. The maximum absolute atomic E-state index is 13.8. The summed E-state index contributed by atoms with van der Waals surface area (Å²) >= 11 is 0. The molecule has 4 rings (SSSR count). The summed E-state index contributed by atoms with van der Waals surface area (Å²) in [5, 5.41) is 11.5. The van der Waals surface area contributed by atoms with Crippen LogP contribution >= 0.6 is 0 Å². The molecule has 1 aliphatic heterocycles. The molecule has 1 amide bonds. The summed E-state index contributed by atoms with van der Waals surface area (Å²) in [5.74, 6) is -0.564. The number of aryl methyl sites for hydroxylation is 1.